The van der Waals surface area contributed by atoms with Crippen LogP contribution in [0.2, 0.25) is 0 Å². The van der Waals surface area contributed by atoms with Crippen molar-refractivity contribution in [3.63, 3.8) is 0 Å². The van der Waals surface area contributed by atoms with E-state index in [0.29, 0.717) is 0 Å². The number of hydrogen-bond donors (Lipinski definition) is 1. The van der Waals surface area contributed by atoms with Crippen LogP contribution in [-0.2, 0) is 5.60 Å². The average Bonchev–Trinajstić information content (AvgIpc) is 2.80. The van der Waals surface area contributed by atoms with E-state index < -0.39 is 5.60 Å². The fourth-order valence-electron chi connectivity index (χ4n) is 4.51. The molecule has 1 aliphatic rings. The van der Waals surface area contributed by atoms with Gasteiger partial charge in [-0.2, -0.15) is 0 Å². The Kier molecular flexibility index (Phi) is 5.59. The summed E-state index contributed by atoms with van der Waals surface area (Å²) in [5.74, 6) is 0.766. The van der Waals surface area contributed by atoms with Crippen molar-refractivity contribution >= 4 is 5.69 Å². The van der Waals surface area contributed by atoms with Crippen LogP contribution in [-0.4, -0.2) is 25.3 Å². The van der Waals surface area contributed by atoms with Crippen molar-refractivity contribution in [2.24, 2.45) is 0 Å². The number of methoxy groups -OCH3 is 1. The summed E-state index contributed by atoms with van der Waals surface area (Å²) < 4.78 is 6.00. The van der Waals surface area contributed by atoms with Crippen LogP contribution in [0.4, 0.5) is 5.69 Å². The number of anilines is 1. The van der Waals surface area contributed by atoms with Gasteiger partial charge in [-0.1, -0.05) is 72.8 Å². The molecular weight excluding hydrogens is 358 g/mol. The third kappa shape index (κ3) is 3.51. The Morgan fingerprint density at radius 2 is 1.34 bits per heavy atom. The van der Waals surface area contributed by atoms with Gasteiger partial charge in [0.1, 0.15) is 11.4 Å². The van der Waals surface area contributed by atoms with E-state index in [2.05, 4.69) is 17.9 Å². The van der Waals surface area contributed by atoms with E-state index >= 15 is 0 Å². The van der Waals surface area contributed by atoms with Gasteiger partial charge in [-0.3, -0.25) is 0 Å². The Morgan fingerprint density at radius 1 is 0.793 bits per heavy atom. The first kappa shape index (κ1) is 19.5. The first-order chi connectivity index (χ1) is 14.2. The molecule has 0 atom stereocenters. The second-order valence-electron chi connectivity index (χ2n) is 7.80. The maximum atomic E-state index is 12.3. The molecule has 0 amide bonds. The highest BCUT2D eigenvalue weighted by molar-refractivity contribution is 5.70. The number of nitrogens with zero attached hydrogens (tertiary/aromatic N) is 1. The lowest BCUT2D eigenvalue weighted by Crippen LogP contribution is -2.33. The maximum Gasteiger partial charge on any atom is 0.149 e. The molecular formula is C26H29NO2. The molecule has 1 saturated heterocycles. The van der Waals surface area contributed by atoms with Crippen molar-refractivity contribution in [3.05, 3.63) is 95.1 Å². The molecule has 0 radical (unpaired) electrons. The first-order valence-electron chi connectivity index (χ1n) is 10.4. The van der Waals surface area contributed by atoms with Crippen LogP contribution in [0.1, 0.15) is 41.5 Å². The van der Waals surface area contributed by atoms with Crippen molar-refractivity contribution in [1.82, 2.24) is 0 Å². The minimum Gasteiger partial charge on any atom is -0.494 e. The van der Waals surface area contributed by atoms with E-state index in [9.17, 15) is 5.11 Å². The highest BCUT2D eigenvalue weighted by Gasteiger charge is 2.38. The van der Waals surface area contributed by atoms with Gasteiger partial charge in [0, 0.05) is 18.7 Å². The van der Waals surface area contributed by atoms with Crippen LogP contribution >= 0.6 is 0 Å². The Labute approximate surface area is 173 Å². The summed E-state index contributed by atoms with van der Waals surface area (Å²) in [7, 11) is 1.71. The fourth-order valence-corrected chi connectivity index (χ4v) is 4.51. The topological polar surface area (TPSA) is 32.7 Å². The van der Waals surface area contributed by atoms with Gasteiger partial charge in [0.2, 0.25) is 0 Å². The lowest BCUT2D eigenvalue weighted by atomic mass is 9.79. The van der Waals surface area contributed by atoms with Gasteiger partial charge in [-0.05, 0) is 42.9 Å². The van der Waals surface area contributed by atoms with Crippen molar-refractivity contribution in [2.45, 2.75) is 31.8 Å². The molecule has 1 fully saturated rings. The van der Waals surface area contributed by atoms with Crippen LogP contribution in [0, 0.1) is 6.92 Å². The largest absolute Gasteiger partial charge is 0.494 e. The molecule has 0 spiro atoms. The van der Waals surface area contributed by atoms with Crippen molar-refractivity contribution < 1.29 is 9.84 Å². The van der Waals surface area contributed by atoms with Crippen LogP contribution in [0.25, 0.3) is 0 Å². The molecule has 3 nitrogen and oxygen atoms in total. The Balaban J connectivity index is 1.96. The monoisotopic (exact) mass is 387 g/mol. The minimum atomic E-state index is -1.30. The van der Waals surface area contributed by atoms with Gasteiger partial charge >= 0.3 is 0 Å². The zero-order valence-electron chi connectivity index (χ0n) is 17.3. The zero-order chi connectivity index (χ0) is 20.3. The van der Waals surface area contributed by atoms with Crippen LogP contribution in [0.5, 0.6) is 5.75 Å². The SMILES string of the molecule is COc1c(C(O)(c2ccccc2)c2ccccc2)ccc(C)c1N1CCCCC1. The highest BCUT2D eigenvalue weighted by Crippen LogP contribution is 2.46. The second-order valence-corrected chi connectivity index (χ2v) is 7.80. The molecule has 1 aliphatic heterocycles. The smallest absolute Gasteiger partial charge is 0.149 e. The molecule has 1 N–H and O–H groups in total. The summed E-state index contributed by atoms with van der Waals surface area (Å²) in [6, 6.07) is 23.9. The standard InChI is InChI=1S/C26H29NO2/c1-20-16-17-23(25(29-2)24(20)27-18-10-5-11-19-27)26(28,21-12-6-3-7-13-21)22-14-8-4-9-15-22/h3-4,6-9,12-17,28H,5,10-11,18-19H2,1-2H3. The Morgan fingerprint density at radius 3 is 1.86 bits per heavy atom. The number of aliphatic hydroxyl groups is 1. The molecule has 3 aromatic carbocycles. The van der Waals surface area contributed by atoms with E-state index in [-0.39, 0.29) is 0 Å². The predicted octanol–water partition coefficient (Wildman–Crippen LogP) is 5.28. The molecule has 29 heavy (non-hydrogen) atoms. The van der Waals surface area contributed by atoms with Crippen LogP contribution in [0.15, 0.2) is 72.8 Å². The lowest BCUT2D eigenvalue weighted by molar-refractivity contribution is 0.122. The van der Waals surface area contributed by atoms with E-state index in [1.165, 1.54) is 24.8 Å². The molecule has 3 aromatic rings. The number of ether oxygens (including phenoxy) is 1. The minimum absolute atomic E-state index is 0.766. The molecule has 150 valence electrons. The van der Waals surface area contributed by atoms with Crippen LogP contribution < -0.4 is 9.64 Å². The van der Waals surface area contributed by atoms with Gasteiger partial charge < -0.3 is 14.7 Å². The molecule has 0 aliphatic carbocycles. The average molecular weight is 388 g/mol. The number of piperidine rings is 1. The lowest BCUT2D eigenvalue weighted by Gasteiger charge is -2.36. The summed E-state index contributed by atoms with van der Waals surface area (Å²) in [4.78, 5) is 2.41. The molecule has 1 heterocycles. The molecule has 0 bridgehead atoms. The van der Waals surface area contributed by atoms with Crippen molar-refractivity contribution in [2.75, 3.05) is 25.1 Å². The quantitative estimate of drug-likeness (QED) is 0.605. The van der Waals surface area contributed by atoms with Crippen molar-refractivity contribution in [3.8, 4) is 5.75 Å². The maximum absolute atomic E-state index is 12.3. The number of hydrogen-bond acceptors (Lipinski definition) is 3. The number of rotatable bonds is 5. The molecule has 4 rings (SSSR count). The summed E-state index contributed by atoms with van der Waals surface area (Å²) in [6.45, 7) is 4.17. The summed E-state index contributed by atoms with van der Waals surface area (Å²) in [5.41, 5.74) is 3.43. The summed E-state index contributed by atoms with van der Waals surface area (Å²) in [5, 5.41) is 12.3. The van der Waals surface area contributed by atoms with E-state index in [4.69, 9.17) is 4.74 Å². The predicted molar refractivity (Wildman–Crippen MR) is 119 cm³/mol. The van der Waals surface area contributed by atoms with Crippen molar-refractivity contribution in [1.29, 1.82) is 0 Å². The van der Waals surface area contributed by atoms with Gasteiger partial charge in [0.25, 0.3) is 0 Å². The Hall–Kier alpha value is -2.78. The third-order valence-electron chi connectivity index (χ3n) is 5.98. The second kappa shape index (κ2) is 8.30. The highest BCUT2D eigenvalue weighted by atomic mass is 16.5. The summed E-state index contributed by atoms with van der Waals surface area (Å²) in [6.07, 6.45) is 3.65. The third-order valence-corrected chi connectivity index (χ3v) is 5.98. The molecule has 0 unspecified atom stereocenters. The molecule has 0 aromatic heterocycles. The van der Waals surface area contributed by atoms with E-state index in [1.807, 2.05) is 66.7 Å². The molecule has 0 saturated carbocycles. The zero-order valence-corrected chi connectivity index (χ0v) is 17.3. The van der Waals surface area contributed by atoms with Crippen LogP contribution in [0.3, 0.4) is 0 Å². The molecule has 3 heteroatoms. The van der Waals surface area contributed by atoms with Gasteiger partial charge in [-0.15, -0.1) is 0 Å². The fraction of sp³-hybridized carbons (Fsp3) is 0.308. The van der Waals surface area contributed by atoms with Gasteiger partial charge in [0.05, 0.1) is 12.8 Å². The first-order valence-corrected chi connectivity index (χ1v) is 10.4. The normalized spacial score (nSPS) is 14.7. The number of benzene rings is 3. The van der Waals surface area contributed by atoms with E-state index in [1.54, 1.807) is 7.11 Å². The summed E-state index contributed by atoms with van der Waals surface area (Å²) >= 11 is 0. The van der Waals surface area contributed by atoms with Gasteiger partial charge in [0.15, 0.2) is 0 Å². The van der Waals surface area contributed by atoms with Gasteiger partial charge in [-0.25, -0.2) is 0 Å². The van der Waals surface area contributed by atoms with E-state index in [0.717, 1.165) is 41.2 Å². The Bertz CT molecular complexity index is 908. The number of aryl methyl sites for hydroxylation is 1.